The molecule has 1 aromatic heterocycles. The van der Waals surface area contributed by atoms with Crippen molar-refractivity contribution in [1.29, 1.82) is 0 Å². The van der Waals surface area contributed by atoms with Crippen molar-refractivity contribution >= 4 is 17.7 Å². The molecule has 4 nitrogen and oxygen atoms in total. The van der Waals surface area contributed by atoms with Gasteiger partial charge in [0.05, 0.1) is 11.1 Å². The van der Waals surface area contributed by atoms with E-state index in [4.69, 9.17) is 0 Å². The smallest absolute Gasteiger partial charge is 0.336 e. The van der Waals surface area contributed by atoms with Crippen LogP contribution in [0.2, 0.25) is 0 Å². The maximum absolute atomic E-state index is 13.0. The van der Waals surface area contributed by atoms with Crippen molar-refractivity contribution in [2.45, 2.75) is 36.8 Å². The lowest BCUT2D eigenvalue weighted by molar-refractivity contribution is -0.137. The van der Waals surface area contributed by atoms with E-state index in [0.717, 1.165) is 11.1 Å². The fourth-order valence-corrected chi connectivity index (χ4v) is 4.10. The van der Waals surface area contributed by atoms with Crippen LogP contribution in [-0.4, -0.2) is 52.1 Å². The number of thioether (sulfide) groups is 1. The topological polar surface area (TPSA) is 36.4 Å². The summed E-state index contributed by atoms with van der Waals surface area (Å²) in [5.41, 5.74) is 0.607. The molecule has 1 aliphatic rings. The van der Waals surface area contributed by atoms with Crippen LogP contribution in [0.25, 0.3) is 0 Å². The van der Waals surface area contributed by atoms with Gasteiger partial charge in [0.15, 0.2) is 0 Å². The molecule has 156 valence electrons. The molecule has 1 amide bonds. The lowest BCUT2D eigenvalue weighted by atomic mass is 10.1. The largest absolute Gasteiger partial charge is 0.416 e. The summed E-state index contributed by atoms with van der Waals surface area (Å²) >= 11 is 1.56. The highest BCUT2D eigenvalue weighted by Crippen LogP contribution is 2.30. The van der Waals surface area contributed by atoms with Gasteiger partial charge in [0.1, 0.15) is 5.03 Å². The van der Waals surface area contributed by atoms with Crippen LogP contribution in [0.5, 0.6) is 0 Å². The van der Waals surface area contributed by atoms with Gasteiger partial charge >= 0.3 is 6.18 Å². The molecular weight excluding hydrogens is 399 g/mol. The molecule has 1 aromatic carbocycles. The fourth-order valence-electron chi connectivity index (χ4n) is 3.25. The summed E-state index contributed by atoms with van der Waals surface area (Å²) in [6, 6.07) is 8.99. The van der Waals surface area contributed by atoms with Crippen molar-refractivity contribution in [3.8, 4) is 0 Å². The zero-order valence-corrected chi connectivity index (χ0v) is 17.3. The van der Waals surface area contributed by atoms with Crippen LogP contribution in [0.1, 0.15) is 35.3 Å². The highest BCUT2D eigenvalue weighted by Gasteiger charge is 2.30. The maximum atomic E-state index is 13.0. The van der Waals surface area contributed by atoms with E-state index >= 15 is 0 Å². The number of amides is 1. The highest BCUT2D eigenvalue weighted by molar-refractivity contribution is 7.99. The first-order valence-corrected chi connectivity index (χ1v) is 10.4. The summed E-state index contributed by atoms with van der Waals surface area (Å²) < 4.78 is 38.7. The Balaban J connectivity index is 1.61. The van der Waals surface area contributed by atoms with Gasteiger partial charge in [0.2, 0.25) is 0 Å². The number of hydrogen-bond acceptors (Lipinski definition) is 4. The number of nitrogens with zero attached hydrogens (tertiary/aromatic N) is 3. The Morgan fingerprint density at radius 2 is 1.86 bits per heavy atom. The van der Waals surface area contributed by atoms with E-state index in [-0.39, 0.29) is 5.91 Å². The van der Waals surface area contributed by atoms with Crippen molar-refractivity contribution in [2.75, 3.05) is 26.2 Å². The third-order valence-corrected chi connectivity index (χ3v) is 5.69. The van der Waals surface area contributed by atoms with Gasteiger partial charge in [-0.25, -0.2) is 4.98 Å². The molecule has 1 fully saturated rings. The van der Waals surface area contributed by atoms with Crippen molar-refractivity contribution in [3.05, 3.63) is 59.3 Å². The number of carbonyl (C=O) groups excluding carboxylic acids is 1. The Morgan fingerprint density at radius 3 is 2.52 bits per heavy atom. The quantitative estimate of drug-likeness (QED) is 0.661. The first kappa shape index (κ1) is 21.6. The van der Waals surface area contributed by atoms with E-state index in [9.17, 15) is 18.0 Å². The van der Waals surface area contributed by atoms with Gasteiger partial charge in [-0.05, 0) is 23.8 Å². The fraction of sp³-hybridized carbons (Fsp3) is 0.429. The minimum Gasteiger partial charge on any atom is -0.336 e. The van der Waals surface area contributed by atoms with Crippen LogP contribution >= 0.6 is 11.8 Å². The molecule has 0 aliphatic carbocycles. The Kier molecular flexibility index (Phi) is 6.85. The van der Waals surface area contributed by atoms with Crippen molar-refractivity contribution in [3.63, 3.8) is 0 Å². The molecule has 0 spiro atoms. The molecule has 1 aliphatic heterocycles. The van der Waals surface area contributed by atoms with E-state index in [1.54, 1.807) is 41.1 Å². The van der Waals surface area contributed by atoms with Crippen LogP contribution in [0.4, 0.5) is 13.2 Å². The van der Waals surface area contributed by atoms with Gasteiger partial charge in [0.25, 0.3) is 5.91 Å². The number of benzene rings is 1. The minimum atomic E-state index is -4.34. The average molecular weight is 424 g/mol. The highest BCUT2D eigenvalue weighted by atomic mass is 32.2. The minimum absolute atomic E-state index is 0.0417. The SMILES string of the molecule is CC(C)Sc1ncccc1C(=O)N1CCN(Cc2cccc(C(F)(F)F)c2)CC1. The summed E-state index contributed by atoms with van der Waals surface area (Å²) in [6.07, 6.45) is -2.65. The number of carbonyl (C=O) groups is 1. The Hall–Kier alpha value is -2.06. The van der Waals surface area contributed by atoms with E-state index in [0.29, 0.717) is 49.1 Å². The predicted molar refractivity (Wildman–Crippen MR) is 108 cm³/mol. The average Bonchev–Trinajstić information content (AvgIpc) is 2.68. The van der Waals surface area contributed by atoms with Gasteiger partial charge in [0, 0.05) is 44.2 Å². The van der Waals surface area contributed by atoms with Crippen molar-refractivity contribution in [2.24, 2.45) is 0 Å². The Labute approximate surface area is 173 Å². The summed E-state index contributed by atoms with van der Waals surface area (Å²) in [4.78, 5) is 21.2. The summed E-state index contributed by atoms with van der Waals surface area (Å²) in [7, 11) is 0. The van der Waals surface area contributed by atoms with Crippen LogP contribution in [-0.2, 0) is 12.7 Å². The molecule has 8 heteroatoms. The van der Waals surface area contributed by atoms with Gasteiger partial charge in [-0.2, -0.15) is 13.2 Å². The van der Waals surface area contributed by atoms with E-state index in [1.165, 1.54) is 12.1 Å². The van der Waals surface area contributed by atoms with Gasteiger partial charge in [-0.3, -0.25) is 9.69 Å². The van der Waals surface area contributed by atoms with Crippen LogP contribution < -0.4 is 0 Å². The maximum Gasteiger partial charge on any atom is 0.416 e. The molecule has 3 rings (SSSR count). The molecule has 2 aromatic rings. The van der Waals surface area contributed by atoms with Gasteiger partial charge in [-0.15, -0.1) is 11.8 Å². The number of pyridine rings is 1. The van der Waals surface area contributed by atoms with Gasteiger partial charge in [-0.1, -0.05) is 32.0 Å². The normalized spacial score (nSPS) is 15.7. The van der Waals surface area contributed by atoms with Crippen LogP contribution in [0.15, 0.2) is 47.6 Å². The molecule has 1 saturated heterocycles. The lowest BCUT2D eigenvalue weighted by Gasteiger charge is -2.35. The Bertz CT molecular complexity index is 849. The van der Waals surface area contributed by atoms with Crippen LogP contribution in [0.3, 0.4) is 0 Å². The molecule has 2 heterocycles. The molecule has 0 bridgehead atoms. The second kappa shape index (κ2) is 9.17. The monoisotopic (exact) mass is 423 g/mol. The van der Waals surface area contributed by atoms with Gasteiger partial charge < -0.3 is 4.90 Å². The number of halogens is 3. The molecule has 0 atom stereocenters. The molecular formula is C21H24F3N3OS. The predicted octanol–water partition coefficient (Wildman–Crippen LogP) is 4.56. The number of piperazine rings is 1. The third kappa shape index (κ3) is 5.73. The van der Waals surface area contributed by atoms with Crippen LogP contribution in [0, 0.1) is 0 Å². The van der Waals surface area contributed by atoms with Crippen molar-refractivity contribution in [1.82, 2.24) is 14.8 Å². The number of aromatic nitrogens is 1. The summed E-state index contributed by atoms with van der Waals surface area (Å²) in [5.74, 6) is -0.0417. The number of alkyl halides is 3. The van der Waals surface area contributed by atoms with E-state index in [1.807, 2.05) is 0 Å². The first-order valence-electron chi connectivity index (χ1n) is 9.53. The summed E-state index contributed by atoms with van der Waals surface area (Å²) in [5, 5.41) is 1.06. The van der Waals surface area contributed by atoms with Crippen molar-refractivity contribution < 1.29 is 18.0 Å². The second-order valence-electron chi connectivity index (χ2n) is 7.29. The second-order valence-corrected chi connectivity index (χ2v) is 8.85. The molecule has 0 unspecified atom stereocenters. The standard InChI is InChI=1S/C21H24F3N3OS/c1-15(2)29-19-18(7-4-8-25-19)20(28)27-11-9-26(10-12-27)14-16-5-3-6-17(13-16)21(22,23)24/h3-8,13,15H,9-12,14H2,1-2H3. The molecule has 0 radical (unpaired) electrons. The molecule has 0 saturated carbocycles. The van der Waals surface area contributed by atoms with E-state index in [2.05, 4.69) is 23.7 Å². The molecule has 29 heavy (non-hydrogen) atoms. The third-order valence-electron chi connectivity index (χ3n) is 4.67. The number of hydrogen-bond donors (Lipinski definition) is 0. The zero-order chi connectivity index (χ0) is 21.0. The Morgan fingerprint density at radius 1 is 1.14 bits per heavy atom. The molecule has 0 N–H and O–H groups in total. The number of rotatable bonds is 5. The lowest BCUT2D eigenvalue weighted by Crippen LogP contribution is -2.48. The van der Waals surface area contributed by atoms with E-state index < -0.39 is 11.7 Å². The summed E-state index contributed by atoms with van der Waals surface area (Å²) in [6.45, 7) is 6.87. The first-order chi connectivity index (χ1) is 13.7. The zero-order valence-electron chi connectivity index (χ0n) is 16.4.